The van der Waals surface area contributed by atoms with Crippen molar-refractivity contribution in [1.82, 2.24) is 9.97 Å². The highest BCUT2D eigenvalue weighted by atomic mass is 32.1. The van der Waals surface area contributed by atoms with Crippen molar-refractivity contribution in [2.75, 3.05) is 25.6 Å². The summed E-state index contributed by atoms with van der Waals surface area (Å²) in [6.07, 6.45) is 0.759. The molecule has 0 spiro atoms. The van der Waals surface area contributed by atoms with E-state index in [1.165, 1.54) is 4.88 Å². The molecule has 2 aromatic heterocycles. The van der Waals surface area contributed by atoms with Crippen LogP contribution >= 0.6 is 11.3 Å². The highest BCUT2D eigenvalue weighted by Crippen LogP contribution is 2.28. The second kappa shape index (κ2) is 5.42. The van der Waals surface area contributed by atoms with E-state index in [-0.39, 0.29) is 0 Å². The van der Waals surface area contributed by atoms with E-state index in [1.807, 2.05) is 14.0 Å². The molecule has 0 fully saturated rings. The van der Waals surface area contributed by atoms with Crippen molar-refractivity contribution >= 4 is 27.4 Å². The van der Waals surface area contributed by atoms with Crippen LogP contribution in [0.3, 0.4) is 0 Å². The second-order valence-electron chi connectivity index (χ2n) is 3.76. The van der Waals surface area contributed by atoms with Gasteiger partial charge in [0.15, 0.2) is 0 Å². The van der Waals surface area contributed by atoms with Crippen LogP contribution in [0.1, 0.15) is 17.6 Å². The summed E-state index contributed by atoms with van der Waals surface area (Å²) in [6.45, 7) is 5.49. The standard InChI is InChI=1S/C12H17N3OS/c1-4-16-6-5-10-14-11(13-3)9-7-8(2)17-12(9)15-10/h7H,4-6H2,1-3H3,(H,13,14,15). The zero-order valence-corrected chi connectivity index (χ0v) is 11.2. The molecule has 92 valence electrons. The molecule has 0 saturated carbocycles. The molecule has 1 N–H and O–H groups in total. The van der Waals surface area contributed by atoms with E-state index in [0.717, 1.165) is 34.9 Å². The molecule has 5 heteroatoms. The zero-order valence-electron chi connectivity index (χ0n) is 10.4. The van der Waals surface area contributed by atoms with Gasteiger partial charge in [0, 0.05) is 25.0 Å². The number of anilines is 1. The lowest BCUT2D eigenvalue weighted by Gasteiger charge is -2.05. The number of nitrogens with zero attached hydrogens (tertiary/aromatic N) is 2. The maximum Gasteiger partial charge on any atom is 0.138 e. The largest absolute Gasteiger partial charge is 0.381 e. The molecule has 0 bridgehead atoms. The maximum absolute atomic E-state index is 5.33. The average molecular weight is 251 g/mol. The Morgan fingerprint density at radius 2 is 2.24 bits per heavy atom. The minimum Gasteiger partial charge on any atom is -0.381 e. The number of aromatic nitrogens is 2. The Kier molecular flexibility index (Phi) is 3.91. The highest BCUT2D eigenvalue weighted by molar-refractivity contribution is 7.18. The van der Waals surface area contributed by atoms with Gasteiger partial charge >= 0.3 is 0 Å². The van der Waals surface area contributed by atoms with Crippen molar-refractivity contribution in [3.05, 3.63) is 16.8 Å². The van der Waals surface area contributed by atoms with Crippen LogP contribution in [-0.2, 0) is 11.2 Å². The van der Waals surface area contributed by atoms with Crippen LogP contribution in [0, 0.1) is 6.92 Å². The topological polar surface area (TPSA) is 47.0 Å². The molecule has 0 aliphatic rings. The van der Waals surface area contributed by atoms with Gasteiger partial charge in [0.1, 0.15) is 16.5 Å². The van der Waals surface area contributed by atoms with E-state index in [1.54, 1.807) is 11.3 Å². The Hall–Kier alpha value is -1.20. The summed E-state index contributed by atoms with van der Waals surface area (Å²) in [5.41, 5.74) is 0. The lowest BCUT2D eigenvalue weighted by Crippen LogP contribution is -2.04. The number of fused-ring (bicyclic) bond motifs is 1. The number of nitrogens with one attached hydrogen (secondary N) is 1. The molecule has 0 amide bonds. The fraction of sp³-hybridized carbons (Fsp3) is 0.500. The molecular weight excluding hydrogens is 234 g/mol. The monoisotopic (exact) mass is 251 g/mol. The van der Waals surface area contributed by atoms with Gasteiger partial charge in [0.25, 0.3) is 0 Å². The van der Waals surface area contributed by atoms with Crippen LogP contribution in [0.25, 0.3) is 10.2 Å². The number of hydrogen-bond acceptors (Lipinski definition) is 5. The van der Waals surface area contributed by atoms with Gasteiger partial charge in [-0.3, -0.25) is 0 Å². The molecule has 0 radical (unpaired) electrons. The van der Waals surface area contributed by atoms with Gasteiger partial charge in [-0.1, -0.05) is 0 Å². The third-order valence-electron chi connectivity index (χ3n) is 2.47. The number of ether oxygens (including phenoxy) is 1. The summed E-state index contributed by atoms with van der Waals surface area (Å²) in [7, 11) is 1.89. The van der Waals surface area contributed by atoms with Crippen LogP contribution in [-0.4, -0.2) is 30.2 Å². The highest BCUT2D eigenvalue weighted by Gasteiger charge is 2.09. The SMILES string of the molecule is CCOCCc1nc(NC)c2cc(C)sc2n1. The van der Waals surface area contributed by atoms with Crippen molar-refractivity contribution in [2.24, 2.45) is 0 Å². The Balaban J connectivity index is 2.31. The van der Waals surface area contributed by atoms with Gasteiger partial charge in [0.2, 0.25) is 0 Å². The summed E-state index contributed by atoms with van der Waals surface area (Å²) < 4.78 is 5.33. The smallest absolute Gasteiger partial charge is 0.138 e. The fourth-order valence-electron chi connectivity index (χ4n) is 1.70. The lowest BCUT2D eigenvalue weighted by atomic mass is 10.3. The first-order valence-electron chi connectivity index (χ1n) is 5.77. The van der Waals surface area contributed by atoms with Gasteiger partial charge in [-0.25, -0.2) is 9.97 Å². The Labute approximate surface area is 105 Å². The first-order chi connectivity index (χ1) is 8.24. The average Bonchev–Trinajstić information content (AvgIpc) is 2.68. The van der Waals surface area contributed by atoms with E-state index >= 15 is 0 Å². The van der Waals surface area contributed by atoms with Gasteiger partial charge in [-0.05, 0) is 19.9 Å². The number of rotatable bonds is 5. The van der Waals surface area contributed by atoms with Gasteiger partial charge in [0.05, 0.1) is 12.0 Å². The van der Waals surface area contributed by atoms with Crippen LogP contribution in [0.4, 0.5) is 5.82 Å². The fourth-order valence-corrected chi connectivity index (χ4v) is 2.59. The molecule has 0 aliphatic heterocycles. The van der Waals surface area contributed by atoms with Crippen LogP contribution in [0.5, 0.6) is 0 Å². The minimum atomic E-state index is 0.676. The predicted octanol–water partition coefficient (Wildman–Crippen LogP) is 2.62. The molecule has 4 nitrogen and oxygen atoms in total. The minimum absolute atomic E-state index is 0.676. The zero-order chi connectivity index (χ0) is 12.3. The number of aryl methyl sites for hydroxylation is 1. The first kappa shape index (κ1) is 12.3. The Bertz CT molecular complexity index is 510. The molecule has 2 rings (SSSR count). The summed E-state index contributed by atoms with van der Waals surface area (Å²) >= 11 is 1.70. The van der Waals surface area contributed by atoms with Crippen molar-refractivity contribution < 1.29 is 4.74 Å². The molecule has 0 aromatic carbocycles. The van der Waals surface area contributed by atoms with Crippen molar-refractivity contribution in [2.45, 2.75) is 20.3 Å². The number of thiophene rings is 1. The van der Waals surface area contributed by atoms with Gasteiger partial charge in [-0.2, -0.15) is 0 Å². The lowest BCUT2D eigenvalue weighted by molar-refractivity contribution is 0.149. The normalized spacial score (nSPS) is 11.0. The molecular formula is C12H17N3OS. The molecule has 0 aliphatic carbocycles. The van der Waals surface area contributed by atoms with E-state index in [2.05, 4.69) is 28.3 Å². The predicted molar refractivity (Wildman–Crippen MR) is 71.9 cm³/mol. The summed E-state index contributed by atoms with van der Waals surface area (Å²) in [4.78, 5) is 11.4. The van der Waals surface area contributed by atoms with E-state index in [0.29, 0.717) is 6.61 Å². The third kappa shape index (κ3) is 2.73. The van der Waals surface area contributed by atoms with E-state index in [4.69, 9.17) is 4.74 Å². The Morgan fingerprint density at radius 3 is 2.94 bits per heavy atom. The van der Waals surface area contributed by atoms with E-state index in [9.17, 15) is 0 Å². The molecule has 0 saturated heterocycles. The number of hydrogen-bond donors (Lipinski definition) is 1. The van der Waals surface area contributed by atoms with Crippen LogP contribution in [0.15, 0.2) is 6.07 Å². The molecule has 2 heterocycles. The molecule has 2 aromatic rings. The maximum atomic E-state index is 5.33. The molecule has 17 heavy (non-hydrogen) atoms. The van der Waals surface area contributed by atoms with Crippen LogP contribution < -0.4 is 5.32 Å². The van der Waals surface area contributed by atoms with Gasteiger partial charge < -0.3 is 10.1 Å². The van der Waals surface area contributed by atoms with E-state index < -0.39 is 0 Å². The molecule has 0 unspecified atom stereocenters. The quantitative estimate of drug-likeness (QED) is 0.830. The summed E-state index contributed by atoms with van der Waals surface area (Å²) in [6, 6.07) is 2.12. The van der Waals surface area contributed by atoms with Crippen molar-refractivity contribution in [3.63, 3.8) is 0 Å². The van der Waals surface area contributed by atoms with Crippen LogP contribution in [0.2, 0.25) is 0 Å². The first-order valence-corrected chi connectivity index (χ1v) is 6.58. The summed E-state index contributed by atoms with van der Waals surface area (Å²) in [5.74, 6) is 1.75. The van der Waals surface area contributed by atoms with Crippen molar-refractivity contribution in [1.29, 1.82) is 0 Å². The molecule has 0 atom stereocenters. The Morgan fingerprint density at radius 1 is 1.41 bits per heavy atom. The van der Waals surface area contributed by atoms with Crippen molar-refractivity contribution in [3.8, 4) is 0 Å². The second-order valence-corrected chi connectivity index (χ2v) is 5.00. The van der Waals surface area contributed by atoms with Gasteiger partial charge in [-0.15, -0.1) is 11.3 Å². The summed E-state index contributed by atoms with van der Waals surface area (Å²) in [5, 5.41) is 4.24. The third-order valence-corrected chi connectivity index (χ3v) is 3.42.